The number of nitrogens with one attached hydrogen (secondary N) is 1. The number of hydrogen-bond acceptors (Lipinski definition) is 5. The van der Waals surface area contributed by atoms with Crippen LogP contribution in [0.5, 0.6) is 17.2 Å². The summed E-state index contributed by atoms with van der Waals surface area (Å²) in [6.07, 6.45) is 1.69. The molecule has 110 valence electrons. The lowest BCUT2D eigenvalue weighted by Crippen LogP contribution is -2.03. The van der Waals surface area contributed by atoms with E-state index < -0.39 is 0 Å². The van der Waals surface area contributed by atoms with Crippen LogP contribution in [0.3, 0.4) is 0 Å². The van der Waals surface area contributed by atoms with Crippen LogP contribution in [0.2, 0.25) is 5.15 Å². The molecule has 0 radical (unpaired) electrons. The zero-order valence-corrected chi connectivity index (χ0v) is 12.5. The number of halogens is 1. The van der Waals surface area contributed by atoms with Crippen LogP contribution in [0.25, 0.3) is 0 Å². The van der Waals surface area contributed by atoms with Gasteiger partial charge in [0.1, 0.15) is 0 Å². The Hall–Kier alpha value is -2.14. The molecule has 2 aromatic rings. The highest BCUT2D eigenvalue weighted by Crippen LogP contribution is 2.42. The van der Waals surface area contributed by atoms with Gasteiger partial charge in [0.25, 0.3) is 0 Å². The van der Waals surface area contributed by atoms with Crippen molar-refractivity contribution in [1.29, 1.82) is 0 Å². The van der Waals surface area contributed by atoms with Gasteiger partial charge in [-0.05, 0) is 36.2 Å². The number of methoxy groups -OCH3 is 1. The molecular formula is C15H15ClN2O3. The van der Waals surface area contributed by atoms with Crippen molar-refractivity contribution < 1.29 is 14.2 Å². The highest BCUT2D eigenvalue weighted by atomic mass is 35.5. The molecule has 1 aromatic heterocycles. The quantitative estimate of drug-likeness (QED) is 0.878. The smallest absolute Gasteiger partial charge is 0.231 e. The van der Waals surface area contributed by atoms with Crippen molar-refractivity contribution in [3.63, 3.8) is 0 Å². The molecule has 5 nitrogen and oxygen atoms in total. The molecule has 1 aromatic carbocycles. The molecule has 0 saturated heterocycles. The van der Waals surface area contributed by atoms with E-state index in [-0.39, 0.29) is 6.79 Å². The fourth-order valence-electron chi connectivity index (χ4n) is 2.21. The Labute approximate surface area is 127 Å². The molecule has 0 saturated carbocycles. The minimum atomic E-state index is 0.218. The van der Waals surface area contributed by atoms with Gasteiger partial charge in [0, 0.05) is 12.7 Å². The minimum absolute atomic E-state index is 0.218. The summed E-state index contributed by atoms with van der Waals surface area (Å²) in [4.78, 5) is 4.08. The molecule has 2 heterocycles. The monoisotopic (exact) mass is 306 g/mol. The van der Waals surface area contributed by atoms with Crippen molar-refractivity contribution >= 4 is 17.3 Å². The Bertz CT molecular complexity index is 656. The van der Waals surface area contributed by atoms with Crippen LogP contribution in [-0.2, 0) is 6.54 Å². The van der Waals surface area contributed by atoms with Gasteiger partial charge in [-0.2, -0.15) is 0 Å². The van der Waals surface area contributed by atoms with Gasteiger partial charge in [-0.1, -0.05) is 11.6 Å². The number of anilines is 1. The second-order valence-electron chi connectivity index (χ2n) is 4.68. The van der Waals surface area contributed by atoms with Crippen LogP contribution >= 0.6 is 11.6 Å². The molecule has 0 amide bonds. The summed E-state index contributed by atoms with van der Waals surface area (Å²) in [5, 5.41) is 3.75. The summed E-state index contributed by atoms with van der Waals surface area (Å²) < 4.78 is 16.1. The van der Waals surface area contributed by atoms with E-state index in [9.17, 15) is 0 Å². The van der Waals surface area contributed by atoms with Crippen LogP contribution in [-0.4, -0.2) is 18.9 Å². The van der Waals surface area contributed by atoms with Gasteiger partial charge in [0.05, 0.1) is 12.8 Å². The third kappa shape index (κ3) is 2.69. The number of hydrogen-bond donors (Lipinski definition) is 1. The van der Waals surface area contributed by atoms with Crippen LogP contribution in [0.15, 0.2) is 24.4 Å². The van der Waals surface area contributed by atoms with E-state index in [1.54, 1.807) is 13.3 Å². The van der Waals surface area contributed by atoms with Crippen molar-refractivity contribution in [2.75, 3.05) is 19.2 Å². The molecule has 0 fully saturated rings. The Balaban J connectivity index is 1.83. The first-order valence-corrected chi connectivity index (χ1v) is 6.88. The summed E-state index contributed by atoms with van der Waals surface area (Å²) in [6, 6.07) is 5.76. The standard InChI is InChI=1S/C15H15ClN2O3/c1-9-3-4-17-15(16)13(9)18-7-10-5-11(19-2)14-12(6-10)20-8-21-14/h3-6,18H,7-8H2,1-2H3. The van der Waals surface area contributed by atoms with Crippen molar-refractivity contribution in [1.82, 2.24) is 4.98 Å². The molecule has 21 heavy (non-hydrogen) atoms. The lowest BCUT2D eigenvalue weighted by molar-refractivity contribution is 0.171. The number of benzene rings is 1. The number of ether oxygens (including phenoxy) is 3. The predicted octanol–water partition coefficient (Wildman–Crippen LogP) is 3.39. The second kappa shape index (κ2) is 5.69. The van der Waals surface area contributed by atoms with Gasteiger partial charge < -0.3 is 19.5 Å². The predicted molar refractivity (Wildman–Crippen MR) is 80.4 cm³/mol. The fourth-order valence-corrected chi connectivity index (χ4v) is 2.49. The third-order valence-electron chi connectivity index (χ3n) is 3.30. The zero-order chi connectivity index (χ0) is 14.8. The van der Waals surface area contributed by atoms with E-state index >= 15 is 0 Å². The fraction of sp³-hybridized carbons (Fsp3) is 0.267. The first-order valence-electron chi connectivity index (χ1n) is 6.50. The molecular weight excluding hydrogens is 292 g/mol. The van der Waals surface area contributed by atoms with Crippen molar-refractivity contribution in [3.8, 4) is 17.2 Å². The maximum atomic E-state index is 6.11. The maximum absolute atomic E-state index is 6.11. The molecule has 0 bridgehead atoms. The lowest BCUT2D eigenvalue weighted by atomic mass is 10.1. The van der Waals surface area contributed by atoms with E-state index in [4.69, 9.17) is 25.8 Å². The SMILES string of the molecule is COc1cc(CNc2c(C)ccnc2Cl)cc2c1OCO2. The summed E-state index contributed by atoms with van der Waals surface area (Å²) >= 11 is 6.11. The second-order valence-corrected chi connectivity index (χ2v) is 5.04. The van der Waals surface area contributed by atoms with Gasteiger partial charge in [-0.25, -0.2) is 4.98 Å². The van der Waals surface area contributed by atoms with E-state index in [1.165, 1.54) is 0 Å². The maximum Gasteiger partial charge on any atom is 0.231 e. The summed E-state index contributed by atoms with van der Waals surface area (Å²) in [7, 11) is 1.61. The normalized spacial score (nSPS) is 12.3. The molecule has 0 aliphatic carbocycles. The van der Waals surface area contributed by atoms with E-state index in [2.05, 4.69) is 10.3 Å². The lowest BCUT2D eigenvalue weighted by Gasteiger charge is -2.12. The summed E-state index contributed by atoms with van der Waals surface area (Å²) in [5.74, 6) is 2.01. The third-order valence-corrected chi connectivity index (χ3v) is 3.59. The van der Waals surface area contributed by atoms with Crippen LogP contribution in [0, 0.1) is 6.92 Å². The van der Waals surface area contributed by atoms with Gasteiger partial charge in [-0.15, -0.1) is 0 Å². The molecule has 6 heteroatoms. The van der Waals surface area contributed by atoms with Gasteiger partial charge in [0.2, 0.25) is 12.5 Å². The van der Waals surface area contributed by atoms with Crippen molar-refractivity contribution in [3.05, 3.63) is 40.7 Å². The van der Waals surface area contributed by atoms with Crippen molar-refractivity contribution in [2.45, 2.75) is 13.5 Å². The van der Waals surface area contributed by atoms with Crippen molar-refractivity contribution in [2.24, 2.45) is 0 Å². The number of aromatic nitrogens is 1. The number of rotatable bonds is 4. The number of fused-ring (bicyclic) bond motifs is 1. The van der Waals surface area contributed by atoms with E-state index in [0.717, 1.165) is 16.8 Å². The Kier molecular flexibility index (Phi) is 3.75. The molecule has 0 spiro atoms. The van der Waals surface area contributed by atoms with Gasteiger partial charge in [0.15, 0.2) is 16.7 Å². The molecule has 1 N–H and O–H groups in total. The summed E-state index contributed by atoms with van der Waals surface area (Å²) in [6.45, 7) is 2.78. The van der Waals surface area contributed by atoms with Gasteiger partial charge >= 0.3 is 0 Å². The first-order chi connectivity index (χ1) is 10.2. The topological polar surface area (TPSA) is 52.6 Å². The van der Waals surface area contributed by atoms with Crippen LogP contribution in [0.4, 0.5) is 5.69 Å². The molecule has 1 aliphatic heterocycles. The highest BCUT2D eigenvalue weighted by Gasteiger charge is 2.20. The molecule has 1 aliphatic rings. The van der Waals surface area contributed by atoms with Crippen LogP contribution < -0.4 is 19.5 Å². The number of nitrogens with zero attached hydrogens (tertiary/aromatic N) is 1. The zero-order valence-electron chi connectivity index (χ0n) is 11.8. The largest absolute Gasteiger partial charge is 0.493 e. The van der Waals surface area contributed by atoms with E-state index in [1.807, 2.05) is 25.1 Å². The van der Waals surface area contributed by atoms with Crippen LogP contribution in [0.1, 0.15) is 11.1 Å². The van der Waals surface area contributed by atoms with Gasteiger partial charge in [-0.3, -0.25) is 0 Å². The minimum Gasteiger partial charge on any atom is -0.493 e. The highest BCUT2D eigenvalue weighted by molar-refractivity contribution is 6.32. The van der Waals surface area contributed by atoms with E-state index in [0.29, 0.717) is 28.9 Å². The Morgan fingerprint density at radius 3 is 3.00 bits per heavy atom. The molecule has 3 rings (SSSR count). The average Bonchev–Trinajstić information content (AvgIpc) is 2.94. The Morgan fingerprint density at radius 1 is 1.38 bits per heavy atom. The first kappa shape index (κ1) is 13.8. The molecule has 0 atom stereocenters. The Morgan fingerprint density at radius 2 is 2.24 bits per heavy atom. The number of pyridine rings is 1. The average molecular weight is 307 g/mol. The molecule has 0 unspecified atom stereocenters. The number of aryl methyl sites for hydroxylation is 1. The summed E-state index contributed by atoms with van der Waals surface area (Å²) in [5.41, 5.74) is 2.88.